The Bertz CT molecular complexity index is 476. The Kier molecular flexibility index (Phi) is 2.33. The first-order chi connectivity index (χ1) is 6.31. The minimum atomic E-state index is -0.302. The van der Waals surface area contributed by atoms with Crippen molar-refractivity contribution in [3.8, 4) is 0 Å². The van der Waals surface area contributed by atoms with Gasteiger partial charge in [-0.1, -0.05) is 0 Å². The predicted molar refractivity (Wildman–Crippen MR) is 59.1 cm³/mol. The van der Waals surface area contributed by atoms with Gasteiger partial charge in [0.1, 0.15) is 0 Å². The third kappa shape index (κ3) is 1.59. The van der Waals surface area contributed by atoms with Gasteiger partial charge in [0.05, 0.1) is 10.0 Å². The van der Waals surface area contributed by atoms with E-state index < -0.39 is 0 Å². The summed E-state index contributed by atoms with van der Waals surface area (Å²) in [6.45, 7) is 0. The van der Waals surface area contributed by atoms with E-state index in [-0.39, 0.29) is 5.91 Å². The number of thiocarbonyl (C=S) groups is 1. The van der Waals surface area contributed by atoms with E-state index in [9.17, 15) is 4.79 Å². The Morgan fingerprint density at radius 3 is 3.08 bits per heavy atom. The molecule has 0 atom stereocenters. The highest BCUT2D eigenvalue weighted by Gasteiger charge is 2.08. The van der Waals surface area contributed by atoms with Crippen LogP contribution in [0.1, 0.15) is 9.67 Å². The quantitative estimate of drug-likeness (QED) is 0.551. The zero-order valence-corrected chi connectivity index (χ0v) is 8.76. The molecule has 0 aliphatic carbocycles. The standard InChI is InChI=1S/C8H3NOS3/c10-8(9-4-11)7-3-6-5(13-7)1-2-12-6/h1-3H. The molecule has 2 nitrogen and oxygen atoms in total. The number of nitrogens with zero attached hydrogens (tertiary/aromatic N) is 1. The van der Waals surface area contributed by atoms with Gasteiger partial charge in [-0.2, -0.15) is 4.99 Å². The molecule has 2 aromatic rings. The van der Waals surface area contributed by atoms with Gasteiger partial charge < -0.3 is 0 Å². The number of aliphatic imine (C=N–C) groups is 1. The third-order valence-electron chi connectivity index (χ3n) is 1.50. The number of hydrogen-bond donors (Lipinski definition) is 0. The van der Waals surface area contributed by atoms with E-state index in [4.69, 9.17) is 0 Å². The summed E-state index contributed by atoms with van der Waals surface area (Å²) in [5.41, 5.74) is 0. The Balaban J connectivity index is 2.50. The number of isothiocyanates is 1. The first-order valence-electron chi connectivity index (χ1n) is 3.40. The van der Waals surface area contributed by atoms with Crippen molar-refractivity contribution in [3.05, 3.63) is 22.4 Å². The van der Waals surface area contributed by atoms with E-state index in [1.165, 1.54) is 11.3 Å². The van der Waals surface area contributed by atoms with Gasteiger partial charge in [0.15, 0.2) is 0 Å². The van der Waals surface area contributed by atoms with Crippen molar-refractivity contribution in [1.29, 1.82) is 0 Å². The summed E-state index contributed by atoms with van der Waals surface area (Å²) >= 11 is 7.40. The molecule has 0 aliphatic rings. The van der Waals surface area contributed by atoms with Gasteiger partial charge in [-0.05, 0) is 29.7 Å². The van der Waals surface area contributed by atoms with Crippen LogP contribution in [0.15, 0.2) is 22.5 Å². The highest BCUT2D eigenvalue weighted by molar-refractivity contribution is 7.78. The van der Waals surface area contributed by atoms with Gasteiger partial charge in [0.2, 0.25) is 0 Å². The van der Waals surface area contributed by atoms with E-state index in [0.717, 1.165) is 9.40 Å². The molecule has 0 unspecified atom stereocenters. The predicted octanol–water partition coefficient (Wildman–Crippen LogP) is 3.21. The Hall–Kier alpha value is -0.870. The first-order valence-corrected chi connectivity index (χ1v) is 5.51. The Morgan fingerprint density at radius 2 is 2.38 bits per heavy atom. The average Bonchev–Trinajstić information content (AvgIpc) is 2.61. The Morgan fingerprint density at radius 1 is 1.54 bits per heavy atom. The van der Waals surface area contributed by atoms with E-state index in [1.807, 2.05) is 17.5 Å². The first kappa shape index (κ1) is 8.72. The molecule has 0 bridgehead atoms. The molecule has 2 aromatic heterocycles. The molecule has 2 heterocycles. The number of thiophene rings is 2. The van der Waals surface area contributed by atoms with Crippen LogP contribution >= 0.6 is 34.9 Å². The van der Waals surface area contributed by atoms with Crippen LogP contribution in [0, 0.1) is 0 Å². The number of fused-ring (bicyclic) bond motifs is 1. The Labute approximate surface area is 87.5 Å². The van der Waals surface area contributed by atoms with Crippen molar-refractivity contribution >= 4 is 55.4 Å². The summed E-state index contributed by atoms with van der Waals surface area (Å²) in [6, 6.07) is 3.83. The van der Waals surface area contributed by atoms with Crippen molar-refractivity contribution in [3.63, 3.8) is 0 Å². The van der Waals surface area contributed by atoms with Gasteiger partial charge in [-0.3, -0.25) is 4.79 Å². The number of carbonyl (C=O) groups is 1. The molecule has 2 rings (SSSR count). The lowest BCUT2D eigenvalue weighted by atomic mass is 10.4. The van der Waals surface area contributed by atoms with Crippen LogP contribution in [0.25, 0.3) is 9.40 Å². The summed E-state index contributed by atoms with van der Waals surface area (Å²) < 4.78 is 2.24. The second-order valence-electron chi connectivity index (χ2n) is 2.27. The highest BCUT2D eigenvalue weighted by atomic mass is 32.1. The molecule has 0 fully saturated rings. The molecule has 0 saturated carbocycles. The van der Waals surface area contributed by atoms with Crippen LogP contribution in [-0.4, -0.2) is 11.1 Å². The fourth-order valence-corrected chi connectivity index (χ4v) is 3.04. The molecule has 0 aromatic carbocycles. The van der Waals surface area contributed by atoms with Crippen LogP contribution in [0.4, 0.5) is 0 Å². The van der Waals surface area contributed by atoms with Crippen LogP contribution in [-0.2, 0) is 0 Å². The lowest BCUT2D eigenvalue weighted by molar-refractivity contribution is 0.101. The monoisotopic (exact) mass is 225 g/mol. The molecular formula is C8H3NOS3. The van der Waals surface area contributed by atoms with Crippen molar-refractivity contribution in [2.45, 2.75) is 0 Å². The minimum absolute atomic E-state index is 0.302. The van der Waals surface area contributed by atoms with Crippen molar-refractivity contribution < 1.29 is 4.79 Å². The summed E-state index contributed by atoms with van der Waals surface area (Å²) in [5, 5.41) is 4.07. The van der Waals surface area contributed by atoms with Gasteiger partial charge in [0.25, 0.3) is 5.91 Å². The van der Waals surface area contributed by atoms with E-state index in [0.29, 0.717) is 4.88 Å². The largest absolute Gasteiger partial charge is 0.295 e. The zero-order chi connectivity index (χ0) is 9.26. The molecular weight excluding hydrogens is 222 g/mol. The van der Waals surface area contributed by atoms with Gasteiger partial charge in [0, 0.05) is 9.40 Å². The molecule has 0 saturated heterocycles. The van der Waals surface area contributed by atoms with Crippen molar-refractivity contribution in [1.82, 2.24) is 0 Å². The topological polar surface area (TPSA) is 29.4 Å². The fourth-order valence-electron chi connectivity index (χ4n) is 0.968. The second kappa shape index (κ2) is 3.47. The van der Waals surface area contributed by atoms with Crippen LogP contribution < -0.4 is 0 Å². The summed E-state index contributed by atoms with van der Waals surface area (Å²) in [7, 11) is 0. The van der Waals surface area contributed by atoms with Gasteiger partial charge in [-0.15, -0.1) is 22.7 Å². The van der Waals surface area contributed by atoms with E-state index >= 15 is 0 Å². The average molecular weight is 225 g/mol. The molecule has 13 heavy (non-hydrogen) atoms. The van der Waals surface area contributed by atoms with Crippen LogP contribution in [0.5, 0.6) is 0 Å². The molecule has 1 amide bonds. The molecule has 0 radical (unpaired) electrons. The maximum Gasteiger partial charge on any atom is 0.295 e. The summed E-state index contributed by atoms with van der Waals surface area (Å²) in [4.78, 5) is 15.3. The fraction of sp³-hybridized carbons (Fsp3) is 0. The van der Waals surface area contributed by atoms with Gasteiger partial charge in [-0.25, -0.2) is 0 Å². The molecule has 0 aliphatic heterocycles. The summed E-state index contributed by atoms with van der Waals surface area (Å²) in [6.07, 6.45) is 0. The van der Waals surface area contributed by atoms with E-state index in [1.54, 1.807) is 11.3 Å². The lowest BCUT2D eigenvalue weighted by Gasteiger charge is -1.81. The normalized spacial score (nSPS) is 9.85. The van der Waals surface area contributed by atoms with Crippen molar-refractivity contribution in [2.24, 2.45) is 4.99 Å². The number of rotatable bonds is 1. The smallest absolute Gasteiger partial charge is 0.265 e. The van der Waals surface area contributed by atoms with Crippen LogP contribution in [0.3, 0.4) is 0 Å². The van der Waals surface area contributed by atoms with Crippen LogP contribution in [0.2, 0.25) is 0 Å². The third-order valence-corrected chi connectivity index (χ3v) is 3.67. The second-order valence-corrected chi connectivity index (χ2v) is 4.48. The van der Waals surface area contributed by atoms with E-state index in [2.05, 4.69) is 22.4 Å². The number of hydrogen-bond acceptors (Lipinski definition) is 4. The minimum Gasteiger partial charge on any atom is -0.265 e. The highest BCUT2D eigenvalue weighted by Crippen LogP contribution is 2.30. The lowest BCUT2D eigenvalue weighted by Crippen LogP contribution is -1.87. The summed E-state index contributed by atoms with van der Waals surface area (Å²) in [5.74, 6) is -0.302. The molecule has 0 spiro atoms. The van der Waals surface area contributed by atoms with Gasteiger partial charge >= 0.3 is 0 Å². The van der Waals surface area contributed by atoms with Crippen molar-refractivity contribution in [2.75, 3.05) is 0 Å². The molecule has 64 valence electrons. The number of carbonyl (C=O) groups excluding carboxylic acids is 1. The molecule has 0 N–H and O–H groups in total. The SMILES string of the molecule is O=C(N=C=S)c1cc2sccc2s1. The zero-order valence-electron chi connectivity index (χ0n) is 6.31. The maximum atomic E-state index is 11.2. The maximum absolute atomic E-state index is 11.2. The number of amides is 1. The molecule has 5 heteroatoms.